The molecule has 0 saturated heterocycles. The predicted molar refractivity (Wildman–Crippen MR) is 97.7 cm³/mol. The standard InChI is InChI=1S/C17H14BrFN2O3S/c1-24-17-8-13(18)14(19)9-16(17)21-25(22,23)12-7-15(20-10-12)11-5-3-2-4-6-11/h2-10,20-21H,1H3. The molecule has 5 nitrogen and oxygen atoms in total. The van der Waals surface area contributed by atoms with Gasteiger partial charge < -0.3 is 9.72 Å². The van der Waals surface area contributed by atoms with E-state index in [1.807, 2.05) is 30.3 Å². The lowest BCUT2D eigenvalue weighted by atomic mass is 10.2. The number of sulfonamides is 1. The minimum absolute atomic E-state index is 0.0191. The maximum Gasteiger partial charge on any atom is 0.263 e. The summed E-state index contributed by atoms with van der Waals surface area (Å²) in [7, 11) is -2.53. The van der Waals surface area contributed by atoms with E-state index in [1.54, 1.807) is 0 Å². The highest BCUT2D eigenvalue weighted by Crippen LogP contribution is 2.32. The molecule has 3 aromatic rings. The summed E-state index contributed by atoms with van der Waals surface area (Å²) in [5, 5.41) is 0. The van der Waals surface area contributed by atoms with Crippen molar-refractivity contribution in [2.45, 2.75) is 4.90 Å². The van der Waals surface area contributed by atoms with Crippen LogP contribution in [-0.2, 0) is 10.0 Å². The first kappa shape index (κ1) is 17.5. The maximum atomic E-state index is 13.8. The zero-order chi connectivity index (χ0) is 18.0. The summed E-state index contributed by atoms with van der Waals surface area (Å²) in [4.78, 5) is 2.97. The van der Waals surface area contributed by atoms with Gasteiger partial charge in [-0.25, -0.2) is 12.8 Å². The Labute approximate surface area is 153 Å². The molecule has 8 heteroatoms. The number of aromatic nitrogens is 1. The van der Waals surface area contributed by atoms with Gasteiger partial charge in [-0.3, -0.25) is 4.72 Å². The number of methoxy groups -OCH3 is 1. The van der Waals surface area contributed by atoms with Crippen LogP contribution in [0, 0.1) is 5.82 Å². The summed E-state index contributed by atoms with van der Waals surface area (Å²) in [5.41, 5.74) is 1.54. The second-order valence-corrected chi connectivity index (χ2v) is 7.72. The van der Waals surface area contributed by atoms with Gasteiger partial charge in [0.1, 0.15) is 16.5 Å². The molecule has 0 atom stereocenters. The number of ether oxygens (including phenoxy) is 1. The lowest BCUT2D eigenvalue weighted by Crippen LogP contribution is -2.13. The molecule has 0 aliphatic rings. The number of H-pyrrole nitrogens is 1. The molecule has 0 unspecified atom stereocenters. The van der Waals surface area contributed by atoms with Crippen molar-refractivity contribution in [3.05, 3.63) is 65.0 Å². The quantitative estimate of drug-likeness (QED) is 0.637. The SMILES string of the molecule is COc1cc(Br)c(F)cc1NS(=O)(=O)c1c[nH]c(-c2ccccc2)c1. The van der Waals surface area contributed by atoms with Crippen LogP contribution in [-0.4, -0.2) is 20.5 Å². The Hall–Kier alpha value is -2.32. The van der Waals surface area contributed by atoms with Crippen LogP contribution >= 0.6 is 15.9 Å². The molecular weight excluding hydrogens is 411 g/mol. The Bertz CT molecular complexity index is 1000. The molecule has 2 N–H and O–H groups in total. The molecule has 0 fully saturated rings. The Morgan fingerprint density at radius 2 is 1.88 bits per heavy atom. The lowest BCUT2D eigenvalue weighted by Gasteiger charge is -2.12. The third kappa shape index (κ3) is 3.69. The van der Waals surface area contributed by atoms with Gasteiger partial charge in [0.15, 0.2) is 0 Å². The van der Waals surface area contributed by atoms with Crippen LogP contribution in [0.1, 0.15) is 0 Å². The van der Waals surface area contributed by atoms with Crippen molar-refractivity contribution in [1.29, 1.82) is 0 Å². The smallest absolute Gasteiger partial charge is 0.263 e. The topological polar surface area (TPSA) is 71.2 Å². The van der Waals surface area contributed by atoms with Crippen LogP contribution in [0.15, 0.2) is 64.1 Å². The molecule has 0 amide bonds. The fourth-order valence-corrected chi connectivity index (χ4v) is 3.67. The molecule has 0 aliphatic heterocycles. The number of hydrogen-bond donors (Lipinski definition) is 2. The number of halogens is 2. The van der Waals surface area contributed by atoms with Gasteiger partial charge in [-0.15, -0.1) is 0 Å². The number of aromatic amines is 1. The van der Waals surface area contributed by atoms with Crippen molar-refractivity contribution in [3.8, 4) is 17.0 Å². The van der Waals surface area contributed by atoms with Crippen LogP contribution in [0.3, 0.4) is 0 Å². The molecule has 25 heavy (non-hydrogen) atoms. The van der Waals surface area contributed by atoms with Crippen LogP contribution < -0.4 is 9.46 Å². The highest BCUT2D eigenvalue weighted by Gasteiger charge is 2.20. The fourth-order valence-electron chi connectivity index (χ4n) is 2.29. The van der Waals surface area contributed by atoms with Crippen LogP contribution in [0.25, 0.3) is 11.3 Å². The van der Waals surface area contributed by atoms with E-state index in [2.05, 4.69) is 25.6 Å². The number of benzene rings is 2. The van der Waals surface area contributed by atoms with Crippen molar-refractivity contribution in [2.24, 2.45) is 0 Å². The molecule has 0 saturated carbocycles. The Balaban J connectivity index is 1.93. The van der Waals surface area contributed by atoms with Crippen LogP contribution in [0.5, 0.6) is 5.75 Å². The number of nitrogens with one attached hydrogen (secondary N) is 2. The van der Waals surface area contributed by atoms with Crippen LogP contribution in [0.2, 0.25) is 0 Å². The van der Waals surface area contributed by atoms with Gasteiger partial charge in [0.05, 0.1) is 17.3 Å². The molecular formula is C17H14BrFN2O3S. The molecule has 2 aromatic carbocycles. The second-order valence-electron chi connectivity index (χ2n) is 5.19. The zero-order valence-electron chi connectivity index (χ0n) is 13.1. The van der Waals surface area contributed by atoms with Crippen molar-refractivity contribution in [2.75, 3.05) is 11.8 Å². The summed E-state index contributed by atoms with van der Waals surface area (Å²) >= 11 is 3.04. The van der Waals surface area contributed by atoms with E-state index >= 15 is 0 Å². The molecule has 0 spiro atoms. The Morgan fingerprint density at radius 1 is 1.16 bits per heavy atom. The van der Waals surface area contributed by atoms with Gasteiger partial charge in [0, 0.05) is 18.0 Å². The van der Waals surface area contributed by atoms with Crippen molar-refractivity contribution < 1.29 is 17.5 Å². The number of hydrogen-bond acceptors (Lipinski definition) is 3. The highest BCUT2D eigenvalue weighted by atomic mass is 79.9. The zero-order valence-corrected chi connectivity index (χ0v) is 15.5. The summed E-state index contributed by atoms with van der Waals surface area (Å²) in [6.07, 6.45) is 1.38. The molecule has 0 aliphatic carbocycles. The Kier molecular flexibility index (Phi) is 4.82. The third-order valence-electron chi connectivity index (χ3n) is 3.54. The fraction of sp³-hybridized carbons (Fsp3) is 0.0588. The molecule has 3 rings (SSSR count). The Morgan fingerprint density at radius 3 is 2.56 bits per heavy atom. The van der Waals surface area contributed by atoms with Gasteiger partial charge in [-0.05, 0) is 33.6 Å². The number of anilines is 1. The van der Waals surface area contributed by atoms with E-state index in [0.717, 1.165) is 11.6 Å². The minimum Gasteiger partial charge on any atom is -0.495 e. The molecule has 130 valence electrons. The number of rotatable bonds is 5. The van der Waals surface area contributed by atoms with Gasteiger partial charge >= 0.3 is 0 Å². The third-order valence-corrected chi connectivity index (χ3v) is 5.49. The monoisotopic (exact) mass is 424 g/mol. The normalized spacial score (nSPS) is 11.3. The van der Waals surface area contributed by atoms with E-state index in [1.165, 1.54) is 25.4 Å². The van der Waals surface area contributed by atoms with Crippen molar-refractivity contribution >= 4 is 31.6 Å². The van der Waals surface area contributed by atoms with Gasteiger partial charge in [0.25, 0.3) is 10.0 Å². The predicted octanol–water partition coefficient (Wildman–Crippen LogP) is 4.39. The summed E-state index contributed by atoms with van der Waals surface area (Å²) in [5.74, 6) is -0.395. The van der Waals surface area contributed by atoms with Gasteiger partial charge in [-0.1, -0.05) is 30.3 Å². The van der Waals surface area contributed by atoms with E-state index in [9.17, 15) is 12.8 Å². The van der Waals surface area contributed by atoms with E-state index in [4.69, 9.17) is 4.74 Å². The summed E-state index contributed by atoms with van der Waals surface area (Å²) in [6.45, 7) is 0. The average Bonchev–Trinajstić information content (AvgIpc) is 3.09. The lowest BCUT2D eigenvalue weighted by molar-refractivity contribution is 0.415. The van der Waals surface area contributed by atoms with Crippen molar-refractivity contribution in [1.82, 2.24) is 4.98 Å². The average molecular weight is 425 g/mol. The first-order valence-electron chi connectivity index (χ1n) is 7.20. The van der Waals surface area contributed by atoms with Crippen molar-refractivity contribution in [3.63, 3.8) is 0 Å². The summed E-state index contributed by atoms with van der Waals surface area (Å²) < 4.78 is 46.6. The second kappa shape index (κ2) is 6.89. The molecule has 0 radical (unpaired) electrons. The van der Waals surface area contributed by atoms with E-state index in [-0.39, 0.29) is 20.8 Å². The molecule has 1 aromatic heterocycles. The largest absolute Gasteiger partial charge is 0.495 e. The maximum absolute atomic E-state index is 13.8. The molecule has 0 bridgehead atoms. The molecule has 1 heterocycles. The van der Waals surface area contributed by atoms with Gasteiger partial charge in [0.2, 0.25) is 0 Å². The first-order valence-corrected chi connectivity index (χ1v) is 9.48. The van der Waals surface area contributed by atoms with E-state index in [0.29, 0.717) is 5.69 Å². The summed E-state index contributed by atoms with van der Waals surface area (Å²) in [6, 6.07) is 13.3. The van der Waals surface area contributed by atoms with Gasteiger partial charge in [-0.2, -0.15) is 0 Å². The van der Waals surface area contributed by atoms with E-state index < -0.39 is 15.8 Å². The highest BCUT2D eigenvalue weighted by molar-refractivity contribution is 9.10. The first-order chi connectivity index (χ1) is 11.9. The minimum atomic E-state index is -3.91. The van der Waals surface area contributed by atoms with Crippen LogP contribution in [0.4, 0.5) is 10.1 Å².